The van der Waals surface area contributed by atoms with Gasteiger partial charge in [-0.2, -0.15) is 0 Å². The van der Waals surface area contributed by atoms with Gasteiger partial charge in [0.05, 0.1) is 13.0 Å². The molecule has 0 saturated heterocycles. The zero-order valence-corrected chi connectivity index (χ0v) is 18.9. The molecule has 2 atom stereocenters. The summed E-state index contributed by atoms with van der Waals surface area (Å²) in [6, 6.07) is 16.7. The van der Waals surface area contributed by atoms with Crippen molar-refractivity contribution in [2.24, 2.45) is 0 Å². The van der Waals surface area contributed by atoms with E-state index in [1.807, 2.05) is 56.3 Å². The number of ketones is 1. The molecule has 4 rings (SSSR count). The Morgan fingerprint density at radius 1 is 1.12 bits per heavy atom. The smallest absolute Gasteiger partial charge is 0.292 e. The Balaban J connectivity index is 1.61. The van der Waals surface area contributed by atoms with Crippen LogP contribution in [-0.4, -0.2) is 29.8 Å². The van der Waals surface area contributed by atoms with E-state index in [9.17, 15) is 9.59 Å². The van der Waals surface area contributed by atoms with Gasteiger partial charge in [0, 0.05) is 41.2 Å². The van der Waals surface area contributed by atoms with Crippen LogP contribution >= 0.6 is 11.6 Å². The molecule has 1 aromatic heterocycles. The number of ether oxygens (including phenoxy) is 1. The van der Waals surface area contributed by atoms with E-state index in [0.717, 1.165) is 22.4 Å². The lowest BCUT2D eigenvalue weighted by atomic mass is 9.90. The van der Waals surface area contributed by atoms with Crippen molar-refractivity contribution in [1.29, 1.82) is 0 Å². The maximum atomic E-state index is 13.3. The number of aromatic nitrogens is 1. The van der Waals surface area contributed by atoms with E-state index in [1.54, 1.807) is 12.1 Å². The molecule has 1 aliphatic heterocycles. The number of rotatable bonds is 6. The molecule has 0 bridgehead atoms. The minimum Gasteiger partial charge on any atom is -0.481 e. The van der Waals surface area contributed by atoms with Crippen molar-refractivity contribution in [3.05, 3.63) is 82.5 Å². The number of methoxy groups -OCH3 is 1. The molecule has 7 heteroatoms. The Bertz CT molecular complexity index is 1160. The molecule has 1 amide bonds. The van der Waals surface area contributed by atoms with E-state index < -0.39 is 17.6 Å². The third-order valence-electron chi connectivity index (χ3n) is 5.78. The van der Waals surface area contributed by atoms with Crippen molar-refractivity contribution >= 4 is 34.7 Å². The number of Topliss-reactive ketones (excluding diaryl/α,β-unsaturated/α-hetero) is 1. The molecule has 2 unspecified atom stereocenters. The van der Waals surface area contributed by atoms with Crippen molar-refractivity contribution in [2.75, 3.05) is 17.3 Å². The number of amides is 1. The minimum atomic E-state index is -0.657. The van der Waals surface area contributed by atoms with Crippen LogP contribution in [0.3, 0.4) is 0 Å². The predicted octanol–water partition coefficient (Wildman–Crippen LogP) is 4.75. The molecule has 0 aliphatic carbocycles. The average molecular weight is 450 g/mol. The molecule has 2 heterocycles. The summed E-state index contributed by atoms with van der Waals surface area (Å²) in [6.45, 7) is 4.58. The largest absolute Gasteiger partial charge is 0.481 e. The lowest BCUT2D eigenvalue weighted by Crippen LogP contribution is -2.38. The first-order valence-electron chi connectivity index (χ1n) is 10.3. The number of nitrogens with one attached hydrogen (secondary N) is 1. The SMILES string of the molecule is COc1cc(NC(=O)C(=O)C2c3cc(C)ccc3N(Cc3ccc(Cl)cc3)C2C)ccn1. The Labute approximate surface area is 192 Å². The molecule has 2 aromatic carbocycles. The molecule has 6 nitrogen and oxygen atoms in total. The van der Waals surface area contributed by atoms with Gasteiger partial charge in [-0.3, -0.25) is 9.59 Å². The zero-order valence-electron chi connectivity index (χ0n) is 18.1. The Kier molecular flexibility index (Phi) is 6.15. The van der Waals surface area contributed by atoms with Gasteiger partial charge in [-0.1, -0.05) is 41.4 Å². The van der Waals surface area contributed by atoms with Crippen LogP contribution in [-0.2, 0) is 16.1 Å². The van der Waals surface area contributed by atoms with E-state index in [1.165, 1.54) is 13.3 Å². The van der Waals surface area contributed by atoms with Crippen LogP contribution in [0.1, 0.15) is 29.5 Å². The van der Waals surface area contributed by atoms with Crippen LogP contribution in [0, 0.1) is 6.92 Å². The number of benzene rings is 2. The van der Waals surface area contributed by atoms with Gasteiger partial charge in [0.15, 0.2) is 0 Å². The summed E-state index contributed by atoms with van der Waals surface area (Å²) >= 11 is 6.03. The number of aryl methyl sites for hydroxylation is 1. The van der Waals surface area contributed by atoms with Gasteiger partial charge in [-0.25, -0.2) is 4.98 Å². The maximum Gasteiger partial charge on any atom is 0.292 e. The summed E-state index contributed by atoms with van der Waals surface area (Å²) in [4.78, 5) is 32.4. The Hall–Kier alpha value is -3.38. The second-order valence-corrected chi connectivity index (χ2v) is 8.38. The third kappa shape index (κ3) is 4.32. The molecular weight excluding hydrogens is 426 g/mol. The van der Waals surface area contributed by atoms with E-state index in [2.05, 4.69) is 15.2 Å². The highest BCUT2D eigenvalue weighted by Crippen LogP contribution is 2.43. The number of pyridine rings is 1. The fraction of sp³-hybridized carbons (Fsp3) is 0.240. The second-order valence-electron chi connectivity index (χ2n) is 7.94. The van der Waals surface area contributed by atoms with Gasteiger partial charge in [-0.05, 0) is 49.2 Å². The molecule has 0 fully saturated rings. The molecule has 3 aromatic rings. The Morgan fingerprint density at radius 3 is 2.59 bits per heavy atom. The highest BCUT2D eigenvalue weighted by Gasteiger charge is 2.42. The van der Waals surface area contributed by atoms with Crippen LogP contribution in [0.25, 0.3) is 0 Å². The number of nitrogens with zero attached hydrogens (tertiary/aromatic N) is 2. The first-order chi connectivity index (χ1) is 15.4. The topological polar surface area (TPSA) is 71.5 Å². The van der Waals surface area contributed by atoms with Crippen LogP contribution in [0.2, 0.25) is 5.02 Å². The van der Waals surface area contributed by atoms with E-state index in [4.69, 9.17) is 16.3 Å². The zero-order chi connectivity index (χ0) is 22.8. The van der Waals surface area contributed by atoms with Gasteiger partial charge in [0.1, 0.15) is 0 Å². The molecule has 32 heavy (non-hydrogen) atoms. The van der Waals surface area contributed by atoms with Crippen molar-refractivity contribution < 1.29 is 14.3 Å². The molecule has 0 saturated carbocycles. The fourth-order valence-electron chi connectivity index (χ4n) is 4.15. The number of halogens is 1. The Morgan fingerprint density at radius 2 is 1.88 bits per heavy atom. The normalized spacial score (nSPS) is 17.1. The van der Waals surface area contributed by atoms with E-state index in [0.29, 0.717) is 23.1 Å². The fourth-order valence-corrected chi connectivity index (χ4v) is 4.28. The molecule has 0 radical (unpaired) electrons. The number of carbonyl (C=O) groups is 2. The lowest BCUT2D eigenvalue weighted by Gasteiger charge is -2.27. The molecule has 1 aliphatic rings. The van der Waals surface area contributed by atoms with Crippen LogP contribution < -0.4 is 15.0 Å². The highest BCUT2D eigenvalue weighted by atomic mass is 35.5. The van der Waals surface area contributed by atoms with Crippen molar-refractivity contribution in [3.8, 4) is 5.88 Å². The first-order valence-corrected chi connectivity index (χ1v) is 10.7. The van der Waals surface area contributed by atoms with Crippen molar-refractivity contribution in [3.63, 3.8) is 0 Å². The predicted molar refractivity (Wildman–Crippen MR) is 125 cm³/mol. The van der Waals surface area contributed by atoms with Gasteiger partial charge in [0.2, 0.25) is 11.7 Å². The van der Waals surface area contributed by atoms with E-state index >= 15 is 0 Å². The van der Waals surface area contributed by atoms with E-state index in [-0.39, 0.29) is 6.04 Å². The second kappa shape index (κ2) is 9.01. The number of anilines is 2. The summed E-state index contributed by atoms with van der Waals surface area (Å²) in [7, 11) is 1.49. The highest BCUT2D eigenvalue weighted by molar-refractivity contribution is 6.43. The molecule has 164 valence electrons. The minimum absolute atomic E-state index is 0.187. The monoisotopic (exact) mass is 449 g/mol. The number of hydrogen-bond donors (Lipinski definition) is 1. The van der Waals surface area contributed by atoms with Crippen molar-refractivity contribution in [1.82, 2.24) is 4.98 Å². The summed E-state index contributed by atoms with van der Waals surface area (Å²) in [5.41, 5.74) is 4.42. The van der Waals surface area contributed by atoms with Gasteiger partial charge in [-0.15, -0.1) is 0 Å². The standard InChI is InChI=1S/C25H24ClN3O3/c1-15-4-9-21-20(12-15)23(16(2)29(21)14-17-5-7-18(26)8-6-17)24(30)25(31)28-19-10-11-27-22(13-19)32-3/h4-13,16,23H,14H2,1-3H3,(H,27,28,31). The quantitative estimate of drug-likeness (QED) is 0.550. The van der Waals surface area contributed by atoms with Crippen LogP contribution in [0.5, 0.6) is 5.88 Å². The third-order valence-corrected chi connectivity index (χ3v) is 6.03. The van der Waals surface area contributed by atoms with Crippen LogP contribution in [0.15, 0.2) is 60.8 Å². The molecular formula is C25H24ClN3O3. The maximum absolute atomic E-state index is 13.3. The number of hydrogen-bond acceptors (Lipinski definition) is 5. The number of fused-ring (bicyclic) bond motifs is 1. The summed E-state index contributed by atoms with van der Waals surface area (Å²) < 4.78 is 5.09. The summed E-state index contributed by atoms with van der Waals surface area (Å²) in [6.07, 6.45) is 1.52. The lowest BCUT2D eigenvalue weighted by molar-refractivity contribution is -0.135. The van der Waals surface area contributed by atoms with Gasteiger partial charge in [0.25, 0.3) is 5.91 Å². The van der Waals surface area contributed by atoms with Gasteiger partial charge >= 0.3 is 0 Å². The molecule has 0 spiro atoms. The molecule has 1 N–H and O–H groups in total. The summed E-state index contributed by atoms with van der Waals surface area (Å²) in [5.74, 6) is -1.34. The average Bonchev–Trinajstić information content (AvgIpc) is 3.05. The number of carbonyl (C=O) groups excluding carboxylic acids is 2. The summed E-state index contributed by atoms with van der Waals surface area (Å²) in [5, 5.41) is 3.37. The van der Waals surface area contributed by atoms with Gasteiger partial charge < -0.3 is 15.0 Å². The van der Waals surface area contributed by atoms with Crippen LogP contribution in [0.4, 0.5) is 11.4 Å². The first kappa shape index (κ1) is 21.8. The van der Waals surface area contributed by atoms with Crippen molar-refractivity contribution in [2.45, 2.75) is 32.4 Å².